The lowest BCUT2D eigenvalue weighted by molar-refractivity contribution is -0.137. The number of anilines is 1. The van der Waals surface area contributed by atoms with Gasteiger partial charge < -0.3 is 25.4 Å². The van der Waals surface area contributed by atoms with Crippen LogP contribution in [0.15, 0.2) is 53.5 Å². The Labute approximate surface area is 184 Å². The van der Waals surface area contributed by atoms with Gasteiger partial charge in [0.25, 0.3) is 5.56 Å². The Morgan fingerprint density at radius 2 is 1.79 bits per heavy atom. The van der Waals surface area contributed by atoms with Crippen molar-refractivity contribution in [3.8, 4) is 16.9 Å². The van der Waals surface area contributed by atoms with Gasteiger partial charge in [-0.3, -0.25) is 9.59 Å². The van der Waals surface area contributed by atoms with Crippen molar-refractivity contribution in [2.24, 2.45) is 7.05 Å². The number of pyridine rings is 1. The van der Waals surface area contributed by atoms with Crippen molar-refractivity contribution in [1.29, 1.82) is 0 Å². The molecule has 2 amide bonds. The quantitative estimate of drug-likeness (QED) is 0.448. The predicted octanol–water partition coefficient (Wildman–Crippen LogP) is 3.51. The third-order valence-corrected chi connectivity index (χ3v) is 4.73. The van der Waals surface area contributed by atoms with Crippen molar-refractivity contribution in [2.75, 3.05) is 5.32 Å². The van der Waals surface area contributed by atoms with Gasteiger partial charge in [0.2, 0.25) is 0 Å². The molecular weight excluding hydrogens is 443 g/mol. The molecule has 0 radical (unpaired) electrons. The fourth-order valence-electron chi connectivity index (χ4n) is 3.16. The van der Waals surface area contributed by atoms with Crippen LogP contribution in [0.4, 0.5) is 23.7 Å². The Kier molecular flexibility index (Phi) is 6.71. The van der Waals surface area contributed by atoms with Gasteiger partial charge in [-0.05, 0) is 47.5 Å². The predicted molar refractivity (Wildman–Crippen MR) is 112 cm³/mol. The van der Waals surface area contributed by atoms with E-state index < -0.39 is 58.9 Å². The van der Waals surface area contributed by atoms with Crippen LogP contribution in [0.1, 0.15) is 18.0 Å². The van der Waals surface area contributed by atoms with Crippen LogP contribution < -0.4 is 16.2 Å². The highest BCUT2D eigenvalue weighted by molar-refractivity contribution is 5.91. The number of nitrogens with one attached hydrogen (secondary N) is 2. The number of carbonyl (C=O) groups excluding carboxylic acids is 1. The van der Waals surface area contributed by atoms with Crippen LogP contribution in [-0.2, 0) is 11.8 Å². The smallest absolute Gasteiger partial charge is 0.319 e. The average molecular weight is 461 g/mol. The van der Waals surface area contributed by atoms with E-state index in [9.17, 15) is 37.8 Å². The molecule has 8 nitrogen and oxygen atoms in total. The third-order valence-electron chi connectivity index (χ3n) is 4.73. The van der Waals surface area contributed by atoms with Gasteiger partial charge >= 0.3 is 12.0 Å². The summed E-state index contributed by atoms with van der Waals surface area (Å²) in [6, 6.07) is 4.72. The van der Waals surface area contributed by atoms with E-state index >= 15 is 0 Å². The third kappa shape index (κ3) is 5.50. The summed E-state index contributed by atoms with van der Waals surface area (Å²) < 4.78 is 42.8. The number of aromatic nitrogens is 1. The minimum absolute atomic E-state index is 0.00494. The largest absolute Gasteiger partial charge is 0.505 e. The number of halogens is 3. The number of aryl methyl sites for hydroxylation is 1. The SMILES string of the molecule is Cn1ccc(O)c(NC(=O)N[C@@H](CC(=O)O)c2cc(F)cc(-c3ccc(F)cc3F)c2)c1=O. The lowest BCUT2D eigenvalue weighted by Crippen LogP contribution is -2.36. The second-order valence-electron chi connectivity index (χ2n) is 7.14. The zero-order valence-electron chi connectivity index (χ0n) is 17.1. The number of hydrogen-bond acceptors (Lipinski definition) is 4. The summed E-state index contributed by atoms with van der Waals surface area (Å²) in [7, 11) is 1.39. The van der Waals surface area contributed by atoms with Crippen LogP contribution >= 0.6 is 0 Å². The zero-order chi connectivity index (χ0) is 24.3. The molecule has 0 aliphatic rings. The van der Waals surface area contributed by atoms with Crippen LogP contribution in [0.25, 0.3) is 11.1 Å². The Bertz CT molecular complexity index is 1290. The lowest BCUT2D eigenvalue weighted by atomic mass is 9.97. The van der Waals surface area contributed by atoms with E-state index in [4.69, 9.17) is 0 Å². The standard InChI is InChI=1S/C22H18F3N3O5/c1-28-5-4-18(29)20(21(28)32)27-22(33)26-17(10-19(30)31)12-6-11(7-14(24)8-12)15-3-2-13(23)9-16(15)25/h2-9,17,29H,10H2,1H3,(H,30,31)(H2,26,27,33)/t17-/m0/s1. The summed E-state index contributed by atoms with van der Waals surface area (Å²) in [5.41, 5.74) is -1.32. The van der Waals surface area contributed by atoms with Crippen LogP contribution in [0, 0.1) is 17.5 Å². The number of benzene rings is 2. The van der Waals surface area contributed by atoms with Crippen LogP contribution in [0.5, 0.6) is 5.75 Å². The van der Waals surface area contributed by atoms with Crippen LogP contribution in [0.2, 0.25) is 0 Å². The first kappa shape index (κ1) is 23.4. The number of amides is 2. The number of aromatic hydroxyl groups is 1. The molecule has 0 spiro atoms. The summed E-state index contributed by atoms with van der Waals surface area (Å²) in [5.74, 6) is -4.48. The maximum absolute atomic E-state index is 14.3. The first-order valence-electron chi connectivity index (χ1n) is 9.49. The van der Waals surface area contributed by atoms with E-state index in [0.29, 0.717) is 6.07 Å². The highest BCUT2D eigenvalue weighted by Gasteiger charge is 2.22. The molecule has 0 saturated carbocycles. The molecule has 0 bridgehead atoms. The molecule has 4 N–H and O–H groups in total. The molecule has 0 aliphatic heterocycles. The Hall–Kier alpha value is -4.28. The molecular formula is C22H18F3N3O5. The summed E-state index contributed by atoms with van der Waals surface area (Å²) in [5, 5.41) is 23.5. The van der Waals surface area contributed by atoms with E-state index in [0.717, 1.165) is 28.8 Å². The summed E-state index contributed by atoms with van der Waals surface area (Å²) in [4.78, 5) is 35.9. The van der Waals surface area contributed by atoms with Gasteiger partial charge in [0.05, 0.1) is 12.5 Å². The number of hydrogen-bond donors (Lipinski definition) is 4. The number of aliphatic carboxylic acids is 1. The van der Waals surface area contributed by atoms with Crippen molar-refractivity contribution in [1.82, 2.24) is 9.88 Å². The van der Waals surface area contributed by atoms with Crippen molar-refractivity contribution in [3.63, 3.8) is 0 Å². The molecule has 33 heavy (non-hydrogen) atoms. The van der Waals surface area contributed by atoms with Crippen molar-refractivity contribution >= 4 is 17.7 Å². The van der Waals surface area contributed by atoms with Crippen LogP contribution in [0.3, 0.4) is 0 Å². The van der Waals surface area contributed by atoms with E-state index in [-0.39, 0.29) is 16.7 Å². The van der Waals surface area contributed by atoms with E-state index in [2.05, 4.69) is 10.6 Å². The molecule has 1 heterocycles. The number of rotatable bonds is 6. The maximum atomic E-state index is 14.3. The average Bonchev–Trinajstić information content (AvgIpc) is 2.72. The highest BCUT2D eigenvalue weighted by atomic mass is 19.1. The fourth-order valence-corrected chi connectivity index (χ4v) is 3.16. The monoisotopic (exact) mass is 461 g/mol. The van der Waals surface area contributed by atoms with Crippen molar-refractivity contribution < 1.29 is 33.0 Å². The second kappa shape index (κ2) is 9.47. The lowest BCUT2D eigenvalue weighted by Gasteiger charge is -2.19. The molecule has 2 aromatic carbocycles. The van der Waals surface area contributed by atoms with Gasteiger partial charge in [-0.2, -0.15) is 0 Å². The Balaban J connectivity index is 1.94. The molecule has 1 aromatic heterocycles. The zero-order valence-corrected chi connectivity index (χ0v) is 17.1. The number of carboxylic acid groups (broad SMARTS) is 1. The van der Waals surface area contributed by atoms with E-state index in [1.54, 1.807) is 0 Å². The Morgan fingerprint density at radius 1 is 1.06 bits per heavy atom. The normalized spacial score (nSPS) is 11.6. The number of carbonyl (C=O) groups is 2. The number of nitrogens with zero attached hydrogens (tertiary/aromatic N) is 1. The molecule has 3 aromatic rings. The molecule has 11 heteroatoms. The second-order valence-corrected chi connectivity index (χ2v) is 7.14. The van der Waals surface area contributed by atoms with Crippen molar-refractivity contribution in [2.45, 2.75) is 12.5 Å². The molecule has 172 valence electrons. The minimum Gasteiger partial charge on any atom is -0.505 e. The number of urea groups is 1. The Morgan fingerprint density at radius 3 is 2.45 bits per heavy atom. The van der Waals surface area contributed by atoms with Crippen LogP contribution in [-0.4, -0.2) is 26.8 Å². The molecule has 0 unspecified atom stereocenters. The van der Waals surface area contributed by atoms with Gasteiger partial charge in [0.15, 0.2) is 5.69 Å². The van der Waals surface area contributed by atoms with Gasteiger partial charge in [-0.15, -0.1) is 0 Å². The van der Waals surface area contributed by atoms with Crippen molar-refractivity contribution in [3.05, 3.63) is 82.0 Å². The minimum atomic E-state index is -1.34. The van der Waals surface area contributed by atoms with Gasteiger partial charge in [0, 0.05) is 24.9 Å². The van der Waals surface area contributed by atoms with Gasteiger partial charge in [0.1, 0.15) is 23.2 Å². The molecule has 0 fully saturated rings. The fraction of sp³-hybridized carbons (Fsp3) is 0.136. The first-order chi connectivity index (χ1) is 15.5. The van der Waals surface area contributed by atoms with E-state index in [1.165, 1.54) is 25.4 Å². The summed E-state index contributed by atoms with van der Waals surface area (Å²) in [6.07, 6.45) is 0.595. The highest BCUT2D eigenvalue weighted by Crippen LogP contribution is 2.29. The molecule has 1 atom stereocenters. The molecule has 0 saturated heterocycles. The number of carboxylic acids is 1. The first-order valence-corrected chi connectivity index (χ1v) is 9.49. The maximum Gasteiger partial charge on any atom is 0.319 e. The topological polar surface area (TPSA) is 121 Å². The summed E-state index contributed by atoms with van der Waals surface area (Å²) in [6.45, 7) is 0. The molecule has 0 aliphatic carbocycles. The van der Waals surface area contributed by atoms with Gasteiger partial charge in [-0.1, -0.05) is 0 Å². The summed E-state index contributed by atoms with van der Waals surface area (Å²) >= 11 is 0. The molecule has 3 rings (SSSR count). The van der Waals surface area contributed by atoms with E-state index in [1.807, 2.05) is 0 Å². The van der Waals surface area contributed by atoms with Gasteiger partial charge in [-0.25, -0.2) is 18.0 Å².